The lowest BCUT2D eigenvalue weighted by Crippen LogP contribution is -1.94. The lowest BCUT2D eigenvalue weighted by molar-refractivity contribution is 0.514. The van der Waals surface area contributed by atoms with E-state index >= 15 is 0 Å². The maximum atomic E-state index is 6.56. The van der Waals surface area contributed by atoms with E-state index in [1.54, 1.807) is 6.26 Å². The highest BCUT2D eigenvalue weighted by Crippen LogP contribution is 2.35. The number of furan rings is 1. The number of halogens is 1. The second-order valence-electron chi connectivity index (χ2n) is 4.40. The van der Waals surface area contributed by atoms with Gasteiger partial charge in [0.1, 0.15) is 11.1 Å². The monoisotopic (exact) mass is 256 g/mol. The molecule has 90 valence electrons. The van der Waals surface area contributed by atoms with E-state index in [-0.39, 0.29) is 5.38 Å². The number of hydrogen-bond donors (Lipinski definition) is 0. The molecule has 0 N–H and O–H groups in total. The van der Waals surface area contributed by atoms with Gasteiger partial charge in [0, 0.05) is 0 Å². The Balaban J connectivity index is 2.18. The van der Waals surface area contributed by atoms with Gasteiger partial charge in [0.15, 0.2) is 0 Å². The van der Waals surface area contributed by atoms with Crippen molar-refractivity contribution >= 4 is 22.4 Å². The van der Waals surface area contributed by atoms with Gasteiger partial charge >= 0.3 is 0 Å². The number of alkyl halides is 1. The largest absolute Gasteiger partial charge is 0.467 e. The third kappa shape index (κ3) is 1.81. The summed E-state index contributed by atoms with van der Waals surface area (Å²) >= 11 is 6.56. The Bertz CT molecular complexity index is 679. The molecule has 0 saturated heterocycles. The van der Waals surface area contributed by atoms with E-state index < -0.39 is 0 Å². The van der Waals surface area contributed by atoms with Gasteiger partial charge in [-0.3, -0.25) is 0 Å². The second kappa shape index (κ2) is 4.51. The third-order valence-electron chi connectivity index (χ3n) is 3.23. The molecule has 3 rings (SSSR count). The van der Waals surface area contributed by atoms with Crippen LogP contribution in [0, 0.1) is 6.92 Å². The number of aryl methyl sites for hydroxylation is 1. The van der Waals surface area contributed by atoms with Crippen molar-refractivity contribution in [3.8, 4) is 0 Å². The molecule has 0 saturated carbocycles. The molecule has 0 aliphatic heterocycles. The number of hydrogen-bond acceptors (Lipinski definition) is 1. The van der Waals surface area contributed by atoms with Crippen molar-refractivity contribution in [1.29, 1.82) is 0 Å². The van der Waals surface area contributed by atoms with Gasteiger partial charge in [-0.2, -0.15) is 0 Å². The Hall–Kier alpha value is -1.73. The topological polar surface area (TPSA) is 13.1 Å². The van der Waals surface area contributed by atoms with Gasteiger partial charge < -0.3 is 4.42 Å². The zero-order valence-corrected chi connectivity index (χ0v) is 10.8. The van der Waals surface area contributed by atoms with E-state index in [0.717, 1.165) is 16.9 Å². The Kier molecular flexibility index (Phi) is 2.85. The zero-order valence-electron chi connectivity index (χ0n) is 10.1. The molecular weight excluding hydrogens is 244 g/mol. The van der Waals surface area contributed by atoms with Crippen molar-refractivity contribution in [3.05, 3.63) is 71.7 Å². The van der Waals surface area contributed by atoms with Crippen LogP contribution in [0.3, 0.4) is 0 Å². The fourth-order valence-electron chi connectivity index (χ4n) is 2.26. The summed E-state index contributed by atoms with van der Waals surface area (Å²) in [4.78, 5) is 0. The molecule has 2 aromatic carbocycles. The maximum Gasteiger partial charge on any atom is 0.129 e. The second-order valence-corrected chi connectivity index (χ2v) is 4.84. The first-order valence-electron chi connectivity index (χ1n) is 5.93. The summed E-state index contributed by atoms with van der Waals surface area (Å²) in [7, 11) is 0. The molecule has 1 unspecified atom stereocenters. The lowest BCUT2D eigenvalue weighted by Gasteiger charge is -2.11. The zero-order chi connectivity index (χ0) is 12.5. The summed E-state index contributed by atoms with van der Waals surface area (Å²) in [5.74, 6) is 0.827. The van der Waals surface area contributed by atoms with E-state index in [2.05, 4.69) is 24.3 Å². The van der Waals surface area contributed by atoms with Crippen LogP contribution in [0.1, 0.15) is 22.3 Å². The first-order valence-corrected chi connectivity index (χ1v) is 6.37. The Morgan fingerprint density at radius 3 is 2.56 bits per heavy atom. The average Bonchev–Trinajstić information content (AvgIpc) is 2.83. The SMILES string of the molecule is Cc1ccoc1C(Cl)c1cccc2ccccc12. The standard InChI is InChI=1S/C16H13ClO/c1-11-9-10-18-16(11)15(17)14-8-4-6-12-5-2-3-7-13(12)14/h2-10,15H,1H3. The summed E-state index contributed by atoms with van der Waals surface area (Å²) < 4.78 is 5.50. The lowest BCUT2D eigenvalue weighted by atomic mass is 10.00. The summed E-state index contributed by atoms with van der Waals surface area (Å²) in [6.45, 7) is 2.01. The molecule has 0 fully saturated rings. The summed E-state index contributed by atoms with van der Waals surface area (Å²) in [5.41, 5.74) is 2.18. The van der Waals surface area contributed by atoms with Gasteiger partial charge in [-0.15, -0.1) is 11.6 Å². The number of benzene rings is 2. The van der Waals surface area contributed by atoms with E-state index in [4.69, 9.17) is 16.0 Å². The smallest absolute Gasteiger partial charge is 0.129 e. The molecule has 0 amide bonds. The number of rotatable bonds is 2. The van der Waals surface area contributed by atoms with Crippen molar-refractivity contribution in [2.75, 3.05) is 0 Å². The van der Waals surface area contributed by atoms with Crippen LogP contribution in [0.5, 0.6) is 0 Å². The molecule has 0 aliphatic carbocycles. The quantitative estimate of drug-likeness (QED) is 0.584. The molecule has 2 heteroatoms. The van der Waals surface area contributed by atoms with Gasteiger partial charge in [0.2, 0.25) is 0 Å². The molecular formula is C16H13ClO. The fraction of sp³-hybridized carbons (Fsp3) is 0.125. The van der Waals surface area contributed by atoms with Gasteiger partial charge in [-0.25, -0.2) is 0 Å². The van der Waals surface area contributed by atoms with Crippen molar-refractivity contribution < 1.29 is 4.42 Å². The summed E-state index contributed by atoms with van der Waals surface area (Å²) in [6, 6.07) is 16.4. The summed E-state index contributed by atoms with van der Waals surface area (Å²) in [5, 5.41) is 2.13. The van der Waals surface area contributed by atoms with Gasteiger partial charge in [0.05, 0.1) is 6.26 Å². The van der Waals surface area contributed by atoms with E-state index in [1.807, 2.05) is 31.2 Å². The first-order chi connectivity index (χ1) is 8.77. The Morgan fingerprint density at radius 2 is 1.78 bits per heavy atom. The maximum absolute atomic E-state index is 6.56. The normalized spacial score (nSPS) is 12.8. The highest BCUT2D eigenvalue weighted by atomic mass is 35.5. The molecule has 1 heterocycles. The molecule has 3 aromatic rings. The minimum absolute atomic E-state index is 0.244. The fourth-order valence-corrected chi connectivity index (χ4v) is 2.67. The van der Waals surface area contributed by atoms with Gasteiger partial charge in [-0.05, 0) is 34.9 Å². The van der Waals surface area contributed by atoms with Crippen LogP contribution in [0.15, 0.2) is 59.2 Å². The molecule has 1 nitrogen and oxygen atoms in total. The van der Waals surface area contributed by atoms with Crippen molar-refractivity contribution in [3.63, 3.8) is 0 Å². The predicted octanol–water partition coefficient (Wildman–Crippen LogP) is 5.07. The predicted molar refractivity (Wildman–Crippen MR) is 75.1 cm³/mol. The minimum atomic E-state index is -0.244. The highest BCUT2D eigenvalue weighted by Gasteiger charge is 2.18. The van der Waals surface area contributed by atoms with Gasteiger partial charge in [-0.1, -0.05) is 42.5 Å². The van der Waals surface area contributed by atoms with Crippen molar-refractivity contribution in [1.82, 2.24) is 0 Å². The van der Waals surface area contributed by atoms with E-state index in [0.29, 0.717) is 0 Å². The molecule has 0 spiro atoms. The molecule has 0 radical (unpaired) electrons. The molecule has 18 heavy (non-hydrogen) atoms. The molecule has 0 aliphatic rings. The average molecular weight is 257 g/mol. The first kappa shape index (κ1) is 11.4. The van der Waals surface area contributed by atoms with Crippen LogP contribution < -0.4 is 0 Å². The molecule has 1 atom stereocenters. The van der Waals surface area contributed by atoms with E-state index in [1.165, 1.54) is 10.8 Å². The van der Waals surface area contributed by atoms with Gasteiger partial charge in [0.25, 0.3) is 0 Å². The Morgan fingerprint density at radius 1 is 1.00 bits per heavy atom. The van der Waals surface area contributed by atoms with Crippen LogP contribution in [-0.2, 0) is 0 Å². The Labute approximate surface area is 111 Å². The highest BCUT2D eigenvalue weighted by molar-refractivity contribution is 6.23. The van der Waals surface area contributed by atoms with Crippen molar-refractivity contribution in [2.45, 2.75) is 12.3 Å². The third-order valence-corrected chi connectivity index (χ3v) is 3.66. The molecule has 0 bridgehead atoms. The van der Waals surface area contributed by atoms with E-state index in [9.17, 15) is 0 Å². The van der Waals surface area contributed by atoms with Crippen LogP contribution in [0.4, 0.5) is 0 Å². The van der Waals surface area contributed by atoms with Crippen molar-refractivity contribution in [2.24, 2.45) is 0 Å². The van der Waals surface area contributed by atoms with Crippen LogP contribution >= 0.6 is 11.6 Å². The van der Waals surface area contributed by atoms with Crippen LogP contribution in [0.25, 0.3) is 10.8 Å². The van der Waals surface area contributed by atoms with Crippen LogP contribution in [-0.4, -0.2) is 0 Å². The van der Waals surface area contributed by atoms with Crippen LogP contribution in [0.2, 0.25) is 0 Å². The number of fused-ring (bicyclic) bond motifs is 1. The molecule has 1 aromatic heterocycles. The minimum Gasteiger partial charge on any atom is -0.467 e. The summed E-state index contributed by atoms with van der Waals surface area (Å²) in [6.07, 6.45) is 1.69.